The van der Waals surface area contributed by atoms with Gasteiger partial charge in [-0.1, -0.05) is 0 Å². The summed E-state index contributed by atoms with van der Waals surface area (Å²) >= 11 is 0. The van der Waals surface area contributed by atoms with Gasteiger partial charge in [0.1, 0.15) is 5.75 Å². The van der Waals surface area contributed by atoms with Gasteiger partial charge in [-0.3, -0.25) is 0 Å². The molecule has 0 aliphatic rings. The Morgan fingerprint density at radius 3 is 2.25 bits per heavy atom. The molecule has 0 saturated heterocycles. The summed E-state index contributed by atoms with van der Waals surface area (Å²) in [6.07, 6.45) is 0. The Balaban J connectivity index is 2.81. The summed E-state index contributed by atoms with van der Waals surface area (Å²) in [5.74, 6) is 0.908. The van der Waals surface area contributed by atoms with Crippen molar-refractivity contribution in [3.8, 4) is 5.75 Å². The molecular weight excluding hydrogens is 200 g/mol. The lowest BCUT2D eigenvalue weighted by atomic mass is 10.0. The summed E-state index contributed by atoms with van der Waals surface area (Å²) in [5, 5.41) is 0. The number of rotatable bonds is 5. The molecule has 0 saturated carbocycles. The van der Waals surface area contributed by atoms with Gasteiger partial charge in [-0.15, -0.1) is 0 Å². The molecule has 1 aromatic carbocycles. The van der Waals surface area contributed by atoms with Crippen LogP contribution in [0.4, 0.5) is 5.69 Å². The molecule has 0 aromatic heterocycles. The molecule has 0 atom stereocenters. The van der Waals surface area contributed by atoms with E-state index in [1.54, 1.807) is 0 Å². The summed E-state index contributed by atoms with van der Waals surface area (Å²) in [4.78, 5) is 2.18. The lowest BCUT2D eigenvalue weighted by Gasteiger charge is -2.36. The minimum atomic E-state index is -0.0346. The molecule has 0 unspecified atom stereocenters. The summed E-state index contributed by atoms with van der Waals surface area (Å²) in [7, 11) is 2.06. The third kappa shape index (κ3) is 2.89. The quantitative estimate of drug-likeness (QED) is 0.830. The van der Waals surface area contributed by atoms with E-state index in [1.807, 2.05) is 19.1 Å². The van der Waals surface area contributed by atoms with Gasteiger partial charge >= 0.3 is 0 Å². The van der Waals surface area contributed by atoms with Crippen molar-refractivity contribution in [1.82, 2.24) is 0 Å². The van der Waals surface area contributed by atoms with E-state index in [4.69, 9.17) is 10.5 Å². The molecule has 0 fully saturated rings. The molecule has 3 nitrogen and oxygen atoms in total. The molecule has 1 rings (SSSR count). The zero-order valence-corrected chi connectivity index (χ0v) is 10.7. The first-order valence-electron chi connectivity index (χ1n) is 5.68. The van der Waals surface area contributed by atoms with Gasteiger partial charge in [0.15, 0.2) is 0 Å². The van der Waals surface area contributed by atoms with Crippen LogP contribution in [0.3, 0.4) is 0 Å². The van der Waals surface area contributed by atoms with E-state index in [2.05, 4.69) is 37.9 Å². The van der Waals surface area contributed by atoms with Crippen molar-refractivity contribution in [2.24, 2.45) is 5.73 Å². The minimum Gasteiger partial charge on any atom is -0.494 e. The Morgan fingerprint density at radius 1 is 1.25 bits per heavy atom. The van der Waals surface area contributed by atoms with Gasteiger partial charge in [0.25, 0.3) is 0 Å². The molecule has 0 radical (unpaired) electrons. The summed E-state index contributed by atoms with van der Waals surface area (Å²) in [6.45, 7) is 7.56. The fourth-order valence-electron chi connectivity index (χ4n) is 1.42. The average Bonchev–Trinajstić information content (AvgIpc) is 2.29. The van der Waals surface area contributed by atoms with Crippen LogP contribution in [0.5, 0.6) is 5.75 Å². The van der Waals surface area contributed by atoms with E-state index in [-0.39, 0.29) is 5.54 Å². The van der Waals surface area contributed by atoms with Crippen LogP contribution in [0.1, 0.15) is 20.8 Å². The van der Waals surface area contributed by atoms with Gasteiger partial charge < -0.3 is 15.4 Å². The van der Waals surface area contributed by atoms with Crippen molar-refractivity contribution in [3.63, 3.8) is 0 Å². The van der Waals surface area contributed by atoms with Crippen LogP contribution < -0.4 is 15.4 Å². The number of ether oxygens (including phenoxy) is 1. The molecule has 2 N–H and O–H groups in total. The fourth-order valence-corrected chi connectivity index (χ4v) is 1.42. The van der Waals surface area contributed by atoms with Crippen LogP contribution in [-0.2, 0) is 0 Å². The van der Waals surface area contributed by atoms with Gasteiger partial charge in [0.05, 0.1) is 6.61 Å². The zero-order valence-electron chi connectivity index (χ0n) is 10.7. The SMILES string of the molecule is CCOc1ccc(N(C)C(C)(C)CN)cc1. The minimum absolute atomic E-state index is 0.0346. The van der Waals surface area contributed by atoms with Crippen molar-refractivity contribution in [3.05, 3.63) is 24.3 Å². The van der Waals surface area contributed by atoms with Gasteiger partial charge in [0.2, 0.25) is 0 Å². The molecule has 0 heterocycles. The van der Waals surface area contributed by atoms with Crippen LogP contribution in [0.25, 0.3) is 0 Å². The molecule has 0 bridgehead atoms. The second-order valence-corrected chi connectivity index (χ2v) is 4.50. The zero-order chi connectivity index (χ0) is 12.2. The molecule has 3 heteroatoms. The number of hydrogen-bond donors (Lipinski definition) is 1. The molecule has 0 spiro atoms. The lowest BCUT2D eigenvalue weighted by Crippen LogP contribution is -2.47. The number of hydrogen-bond acceptors (Lipinski definition) is 3. The van der Waals surface area contributed by atoms with Crippen LogP contribution in [0.2, 0.25) is 0 Å². The third-order valence-corrected chi connectivity index (χ3v) is 2.94. The third-order valence-electron chi connectivity index (χ3n) is 2.94. The highest BCUT2D eigenvalue weighted by Crippen LogP contribution is 2.23. The van der Waals surface area contributed by atoms with Crippen LogP contribution in [-0.4, -0.2) is 25.7 Å². The predicted octanol–water partition coefficient (Wildman–Crippen LogP) is 2.26. The normalized spacial score (nSPS) is 11.3. The summed E-state index contributed by atoms with van der Waals surface area (Å²) in [5.41, 5.74) is 6.87. The molecular formula is C13H22N2O. The Bertz CT molecular complexity index is 319. The number of anilines is 1. The van der Waals surface area contributed by atoms with Crippen molar-refractivity contribution < 1.29 is 4.74 Å². The highest BCUT2D eigenvalue weighted by Gasteiger charge is 2.21. The Kier molecular flexibility index (Phi) is 4.19. The standard InChI is InChI=1S/C13H22N2O/c1-5-16-12-8-6-11(7-9-12)15(4)13(2,3)10-14/h6-9H,5,10,14H2,1-4H3. The fraction of sp³-hybridized carbons (Fsp3) is 0.538. The molecule has 90 valence electrons. The summed E-state index contributed by atoms with van der Waals surface area (Å²) < 4.78 is 5.41. The largest absolute Gasteiger partial charge is 0.494 e. The Morgan fingerprint density at radius 2 is 1.81 bits per heavy atom. The number of nitrogens with two attached hydrogens (primary N) is 1. The second kappa shape index (κ2) is 5.21. The van der Waals surface area contributed by atoms with Gasteiger partial charge in [-0.25, -0.2) is 0 Å². The second-order valence-electron chi connectivity index (χ2n) is 4.50. The highest BCUT2D eigenvalue weighted by atomic mass is 16.5. The van der Waals surface area contributed by atoms with Crippen molar-refractivity contribution in [2.75, 3.05) is 25.1 Å². The first-order chi connectivity index (χ1) is 7.51. The first-order valence-corrected chi connectivity index (χ1v) is 5.68. The number of likely N-dealkylation sites (N-methyl/N-ethyl adjacent to an activating group) is 1. The predicted molar refractivity (Wildman–Crippen MR) is 69.1 cm³/mol. The molecule has 0 aliphatic heterocycles. The highest BCUT2D eigenvalue weighted by molar-refractivity contribution is 5.50. The molecule has 0 aliphatic carbocycles. The van der Waals surface area contributed by atoms with Crippen LogP contribution >= 0.6 is 0 Å². The van der Waals surface area contributed by atoms with Crippen LogP contribution in [0, 0.1) is 0 Å². The maximum absolute atomic E-state index is 5.76. The molecule has 0 amide bonds. The van der Waals surface area contributed by atoms with Gasteiger partial charge in [0, 0.05) is 24.8 Å². The Hall–Kier alpha value is -1.22. The van der Waals surface area contributed by atoms with Crippen molar-refractivity contribution in [1.29, 1.82) is 0 Å². The van der Waals surface area contributed by atoms with Crippen molar-refractivity contribution in [2.45, 2.75) is 26.3 Å². The van der Waals surface area contributed by atoms with E-state index in [0.717, 1.165) is 11.4 Å². The maximum Gasteiger partial charge on any atom is 0.119 e. The van der Waals surface area contributed by atoms with Gasteiger partial charge in [-0.05, 0) is 45.0 Å². The van der Waals surface area contributed by atoms with Crippen LogP contribution in [0.15, 0.2) is 24.3 Å². The van der Waals surface area contributed by atoms with Crippen molar-refractivity contribution >= 4 is 5.69 Å². The summed E-state index contributed by atoms with van der Waals surface area (Å²) in [6, 6.07) is 8.09. The average molecular weight is 222 g/mol. The lowest BCUT2D eigenvalue weighted by molar-refractivity contribution is 0.340. The smallest absolute Gasteiger partial charge is 0.119 e. The Labute approximate surface area is 98.2 Å². The number of nitrogens with zero attached hydrogens (tertiary/aromatic N) is 1. The van der Waals surface area contributed by atoms with E-state index in [0.29, 0.717) is 13.2 Å². The van der Waals surface area contributed by atoms with Gasteiger partial charge in [-0.2, -0.15) is 0 Å². The maximum atomic E-state index is 5.76. The topological polar surface area (TPSA) is 38.5 Å². The first kappa shape index (κ1) is 12.8. The molecule has 16 heavy (non-hydrogen) atoms. The monoisotopic (exact) mass is 222 g/mol. The van der Waals surface area contributed by atoms with E-state index < -0.39 is 0 Å². The van der Waals surface area contributed by atoms with E-state index in [9.17, 15) is 0 Å². The number of benzene rings is 1. The van der Waals surface area contributed by atoms with E-state index >= 15 is 0 Å². The van der Waals surface area contributed by atoms with E-state index in [1.165, 1.54) is 0 Å². The molecule has 1 aromatic rings.